The van der Waals surface area contributed by atoms with Crippen LogP contribution in [-0.2, 0) is 14.6 Å². The molecule has 0 atom stereocenters. The Balaban J connectivity index is 2.59. The Bertz CT molecular complexity index is 479. The third-order valence-corrected chi connectivity index (χ3v) is 3.60. The maximum absolute atomic E-state index is 11.4. The molecule has 0 fully saturated rings. The molecule has 0 saturated carbocycles. The van der Waals surface area contributed by atoms with E-state index in [4.69, 9.17) is 5.11 Å². The zero-order valence-electron chi connectivity index (χ0n) is 9.51. The summed E-state index contributed by atoms with van der Waals surface area (Å²) in [5.74, 6) is -1.60. The minimum absolute atomic E-state index is 0.395. The quantitative estimate of drug-likeness (QED) is 0.796. The molecule has 0 radical (unpaired) electrons. The molecular formula is C11H15NO4S. The summed E-state index contributed by atoms with van der Waals surface area (Å²) < 4.78 is 22.5. The van der Waals surface area contributed by atoms with Crippen molar-refractivity contribution in [1.82, 2.24) is 0 Å². The van der Waals surface area contributed by atoms with Gasteiger partial charge in [0.25, 0.3) is 0 Å². The van der Waals surface area contributed by atoms with Crippen LogP contribution in [0, 0.1) is 6.92 Å². The second kappa shape index (κ2) is 5.79. The van der Waals surface area contributed by atoms with Gasteiger partial charge in [0.1, 0.15) is 5.75 Å². The topological polar surface area (TPSA) is 83.5 Å². The highest BCUT2D eigenvalue weighted by Crippen LogP contribution is 2.08. The summed E-state index contributed by atoms with van der Waals surface area (Å²) in [5, 5.41) is 11.0. The van der Waals surface area contributed by atoms with E-state index in [-0.39, 0.29) is 0 Å². The second-order valence-electron chi connectivity index (χ2n) is 3.73. The molecule has 6 heteroatoms. The van der Waals surface area contributed by atoms with E-state index >= 15 is 0 Å². The van der Waals surface area contributed by atoms with Crippen LogP contribution in [0.2, 0.25) is 0 Å². The molecule has 0 bridgehead atoms. The van der Waals surface area contributed by atoms with Gasteiger partial charge in [0.05, 0.1) is 12.4 Å². The number of anilines is 1. The molecule has 1 aromatic carbocycles. The monoisotopic (exact) mass is 257 g/mol. The molecule has 94 valence electrons. The molecule has 0 heterocycles. The lowest BCUT2D eigenvalue weighted by atomic mass is 10.2. The molecule has 2 N–H and O–H groups in total. The Morgan fingerprint density at radius 1 is 1.29 bits per heavy atom. The second-order valence-corrected chi connectivity index (χ2v) is 5.91. The molecule has 1 aromatic rings. The van der Waals surface area contributed by atoms with Gasteiger partial charge >= 0.3 is 0 Å². The first-order valence-corrected chi connectivity index (χ1v) is 6.93. The van der Waals surface area contributed by atoms with Crippen molar-refractivity contribution in [2.45, 2.75) is 6.92 Å². The molecular weight excluding hydrogens is 242 g/mol. The summed E-state index contributed by atoms with van der Waals surface area (Å²) in [6.45, 7) is 1.44. The van der Waals surface area contributed by atoms with E-state index < -0.39 is 33.9 Å². The molecule has 0 aliphatic carbocycles. The summed E-state index contributed by atoms with van der Waals surface area (Å²) in [6.07, 6.45) is 0. The van der Waals surface area contributed by atoms with Crippen LogP contribution in [0.3, 0.4) is 0 Å². The highest BCUT2D eigenvalue weighted by Gasteiger charge is 2.15. The van der Waals surface area contributed by atoms with Gasteiger partial charge < -0.3 is 10.4 Å². The zero-order valence-corrected chi connectivity index (χ0v) is 10.3. The Morgan fingerprint density at radius 2 is 1.88 bits per heavy atom. The van der Waals surface area contributed by atoms with E-state index in [1.165, 1.54) is 0 Å². The van der Waals surface area contributed by atoms with Crippen LogP contribution in [-0.4, -0.2) is 37.5 Å². The van der Waals surface area contributed by atoms with Crippen LogP contribution in [0.4, 0.5) is 5.69 Å². The van der Waals surface area contributed by atoms with Gasteiger partial charge in [0, 0.05) is 5.69 Å². The fourth-order valence-corrected chi connectivity index (χ4v) is 2.14. The molecule has 0 unspecified atom stereocenters. The number of carbonyl (C=O) groups excluding carboxylic acids is 1. The maximum Gasteiger partial charge on any atom is 0.239 e. The zero-order chi connectivity index (χ0) is 12.9. The SMILES string of the molecule is Cc1ccc(NC(=O)CS(=O)(=O)CCO)cc1. The number of nitrogens with one attached hydrogen (secondary N) is 1. The van der Waals surface area contributed by atoms with Crippen molar-refractivity contribution in [1.29, 1.82) is 0 Å². The Hall–Kier alpha value is -1.40. The number of aliphatic hydroxyl groups excluding tert-OH is 1. The minimum Gasteiger partial charge on any atom is -0.395 e. The number of benzene rings is 1. The minimum atomic E-state index is -3.52. The van der Waals surface area contributed by atoms with E-state index in [0.717, 1.165) is 5.56 Å². The van der Waals surface area contributed by atoms with Crippen LogP contribution < -0.4 is 5.32 Å². The van der Waals surface area contributed by atoms with Gasteiger partial charge in [0.2, 0.25) is 5.91 Å². The lowest BCUT2D eigenvalue weighted by Crippen LogP contribution is -2.25. The average molecular weight is 257 g/mol. The molecule has 1 rings (SSSR count). The number of hydrogen-bond acceptors (Lipinski definition) is 4. The van der Waals surface area contributed by atoms with E-state index in [0.29, 0.717) is 5.69 Å². The average Bonchev–Trinajstić information content (AvgIpc) is 2.20. The van der Waals surface area contributed by atoms with Crippen LogP contribution in [0.5, 0.6) is 0 Å². The number of hydrogen-bond donors (Lipinski definition) is 2. The number of rotatable bonds is 5. The van der Waals surface area contributed by atoms with Crippen molar-refractivity contribution in [2.75, 3.05) is 23.4 Å². The number of sulfone groups is 1. The largest absolute Gasteiger partial charge is 0.395 e. The number of aryl methyl sites for hydroxylation is 1. The van der Waals surface area contributed by atoms with Crippen molar-refractivity contribution in [3.63, 3.8) is 0 Å². The third-order valence-electron chi connectivity index (χ3n) is 2.09. The summed E-state index contributed by atoms with van der Waals surface area (Å²) in [6, 6.07) is 7.04. The van der Waals surface area contributed by atoms with Gasteiger partial charge in [-0.3, -0.25) is 4.79 Å². The Labute approximate surface area is 100 Å². The van der Waals surface area contributed by atoms with Gasteiger partial charge in [-0.05, 0) is 19.1 Å². The normalized spacial score (nSPS) is 11.2. The predicted molar refractivity (Wildman–Crippen MR) is 65.5 cm³/mol. The lowest BCUT2D eigenvalue weighted by Gasteiger charge is -2.05. The van der Waals surface area contributed by atoms with Crippen molar-refractivity contribution in [2.24, 2.45) is 0 Å². The summed E-state index contributed by atoms with van der Waals surface area (Å²) in [5.41, 5.74) is 1.61. The van der Waals surface area contributed by atoms with Crippen LogP contribution in [0.25, 0.3) is 0 Å². The van der Waals surface area contributed by atoms with Gasteiger partial charge in [-0.1, -0.05) is 17.7 Å². The molecule has 0 spiro atoms. The van der Waals surface area contributed by atoms with E-state index in [2.05, 4.69) is 5.32 Å². The highest BCUT2D eigenvalue weighted by atomic mass is 32.2. The highest BCUT2D eigenvalue weighted by molar-refractivity contribution is 7.92. The van der Waals surface area contributed by atoms with E-state index in [1.807, 2.05) is 19.1 Å². The summed E-state index contributed by atoms with van der Waals surface area (Å²) >= 11 is 0. The number of aliphatic hydroxyl groups is 1. The summed E-state index contributed by atoms with van der Waals surface area (Å²) in [7, 11) is -3.52. The molecule has 5 nitrogen and oxygen atoms in total. The van der Waals surface area contributed by atoms with Gasteiger partial charge in [-0.15, -0.1) is 0 Å². The molecule has 0 saturated heterocycles. The lowest BCUT2D eigenvalue weighted by molar-refractivity contribution is -0.113. The van der Waals surface area contributed by atoms with Crippen LogP contribution >= 0.6 is 0 Å². The van der Waals surface area contributed by atoms with Crippen molar-refractivity contribution >= 4 is 21.4 Å². The van der Waals surface area contributed by atoms with Crippen LogP contribution in [0.15, 0.2) is 24.3 Å². The molecule has 17 heavy (non-hydrogen) atoms. The number of carbonyl (C=O) groups is 1. The smallest absolute Gasteiger partial charge is 0.239 e. The molecule has 0 aliphatic rings. The molecule has 0 aromatic heterocycles. The first-order chi connectivity index (χ1) is 7.93. The van der Waals surface area contributed by atoms with Crippen molar-refractivity contribution in [3.8, 4) is 0 Å². The Kier molecular flexibility index (Phi) is 4.65. The standard InChI is InChI=1S/C11H15NO4S/c1-9-2-4-10(5-3-9)12-11(14)8-17(15,16)7-6-13/h2-5,13H,6-8H2,1H3,(H,12,14). The first kappa shape index (κ1) is 13.7. The summed E-state index contributed by atoms with van der Waals surface area (Å²) in [4.78, 5) is 11.4. The third kappa shape index (κ3) is 4.97. The van der Waals surface area contributed by atoms with E-state index in [9.17, 15) is 13.2 Å². The van der Waals surface area contributed by atoms with Crippen molar-refractivity contribution < 1.29 is 18.3 Å². The maximum atomic E-state index is 11.4. The van der Waals surface area contributed by atoms with Crippen molar-refractivity contribution in [3.05, 3.63) is 29.8 Å². The number of amides is 1. The first-order valence-electron chi connectivity index (χ1n) is 5.11. The predicted octanol–water partition coefficient (Wildman–Crippen LogP) is 0.341. The van der Waals surface area contributed by atoms with E-state index in [1.54, 1.807) is 12.1 Å². The van der Waals surface area contributed by atoms with Gasteiger partial charge in [-0.25, -0.2) is 8.42 Å². The Morgan fingerprint density at radius 3 is 2.41 bits per heavy atom. The molecule has 0 aliphatic heterocycles. The van der Waals surface area contributed by atoms with Gasteiger partial charge in [-0.2, -0.15) is 0 Å². The van der Waals surface area contributed by atoms with Crippen LogP contribution in [0.1, 0.15) is 5.56 Å². The fraction of sp³-hybridized carbons (Fsp3) is 0.364. The van der Waals surface area contributed by atoms with Gasteiger partial charge in [0.15, 0.2) is 9.84 Å². The fourth-order valence-electron chi connectivity index (χ4n) is 1.24. The molecule has 1 amide bonds.